The van der Waals surface area contributed by atoms with E-state index in [2.05, 4.69) is 74.5 Å². The first-order chi connectivity index (χ1) is 8.78. The second kappa shape index (κ2) is 6.20. The molecule has 0 amide bonds. The molecule has 0 saturated carbocycles. The van der Waals surface area contributed by atoms with Crippen molar-refractivity contribution in [1.29, 1.82) is 0 Å². The van der Waals surface area contributed by atoms with E-state index in [0.29, 0.717) is 0 Å². The highest BCUT2D eigenvalue weighted by Crippen LogP contribution is 2.11. The normalized spacial score (nSPS) is 11.0. The lowest BCUT2D eigenvalue weighted by Crippen LogP contribution is -1.82. The first kappa shape index (κ1) is 12.6. The second-order valence-corrected chi connectivity index (χ2v) is 4.74. The quantitative estimate of drug-likeness (QED) is 0.646. The van der Waals surface area contributed by atoms with E-state index in [0.717, 1.165) is 0 Å². The Kier molecular flexibility index (Phi) is 4.35. The number of rotatable bonds is 4. The smallest absolute Gasteiger partial charge is 0.0256 e. The minimum absolute atomic E-state index is 1.17. The fourth-order valence-corrected chi connectivity index (χ4v) is 1.95. The molecule has 2 rings (SSSR count). The molecule has 0 heteroatoms. The molecular formula is C18H20. The lowest BCUT2D eigenvalue weighted by atomic mass is 10.1. The summed E-state index contributed by atoms with van der Waals surface area (Å²) in [4.78, 5) is 0. The van der Waals surface area contributed by atoms with Crippen LogP contribution in [-0.2, 0) is 6.42 Å². The third kappa shape index (κ3) is 3.59. The van der Waals surface area contributed by atoms with Crippen LogP contribution in [0.3, 0.4) is 0 Å². The van der Waals surface area contributed by atoms with E-state index in [1.165, 1.54) is 35.1 Å². The molecule has 0 bridgehead atoms. The molecule has 0 N–H and O–H groups in total. The van der Waals surface area contributed by atoms with Gasteiger partial charge in [-0.1, -0.05) is 79.6 Å². The van der Waals surface area contributed by atoms with Crippen molar-refractivity contribution in [1.82, 2.24) is 0 Å². The van der Waals surface area contributed by atoms with Crippen molar-refractivity contribution in [2.45, 2.75) is 26.7 Å². The van der Waals surface area contributed by atoms with Crippen LogP contribution >= 0.6 is 0 Å². The molecule has 0 aromatic heterocycles. The molecule has 2 aromatic rings. The van der Waals surface area contributed by atoms with E-state index in [1.54, 1.807) is 0 Å². The van der Waals surface area contributed by atoms with Gasteiger partial charge in [0.1, 0.15) is 0 Å². The molecule has 92 valence electrons. The van der Waals surface area contributed by atoms with Gasteiger partial charge in [-0.15, -0.1) is 0 Å². The van der Waals surface area contributed by atoms with E-state index in [4.69, 9.17) is 0 Å². The van der Waals surface area contributed by atoms with Gasteiger partial charge in [-0.05, 0) is 30.0 Å². The molecule has 0 aliphatic rings. The van der Waals surface area contributed by atoms with E-state index >= 15 is 0 Å². The fraction of sp³-hybridized carbons (Fsp3) is 0.222. The molecule has 2 aromatic carbocycles. The van der Waals surface area contributed by atoms with Crippen LogP contribution in [0.15, 0.2) is 48.5 Å². The number of hydrogen-bond donors (Lipinski definition) is 0. The van der Waals surface area contributed by atoms with E-state index < -0.39 is 0 Å². The van der Waals surface area contributed by atoms with Gasteiger partial charge in [0.15, 0.2) is 0 Å². The fourth-order valence-electron chi connectivity index (χ4n) is 1.95. The molecule has 0 spiro atoms. The lowest BCUT2D eigenvalue weighted by Gasteiger charge is -1.99. The highest BCUT2D eigenvalue weighted by atomic mass is 14.0. The SMILES string of the molecule is CCCc1ccc(/C=C/c2ccc(C)cc2)cc1. The summed E-state index contributed by atoms with van der Waals surface area (Å²) >= 11 is 0. The predicted octanol–water partition coefficient (Wildman–Crippen LogP) is 5.12. The Hall–Kier alpha value is -1.82. The van der Waals surface area contributed by atoms with Gasteiger partial charge in [-0.2, -0.15) is 0 Å². The van der Waals surface area contributed by atoms with Gasteiger partial charge in [0, 0.05) is 0 Å². The van der Waals surface area contributed by atoms with Crippen molar-refractivity contribution in [3.8, 4) is 0 Å². The zero-order valence-corrected chi connectivity index (χ0v) is 11.2. The third-order valence-corrected chi connectivity index (χ3v) is 3.06. The first-order valence-electron chi connectivity index (χ1n) is 6.61. The molecule has 0 aliphatic carbocycles. The monoisotopic (exact) mass is 236 g/mol. The van der Waals surface area contributed by atoms with Crippen molar-refractivity contribution in [3.05, 3.63) is 70.8 Å². The van der Waals surface area contributed by atoms with Gasteiger partial charge in [0.2, 0.25) is 0 Å². The van der Waals surface area contributed by atoms with Gasteiger partial charge < -0.3 is 0 Å². The topological polar surface area (TPSA) is 0 Å². The molecule has 0 nitrogen and oxygen atoms in total. The molecule has 0 unspecified atom stereocenters. The summed E-state index contributed by atoms with van der Waals surface area (Å²) in [5.41, 5.74) is 5.23. The molecule has 0 heterocycles. The molecule has 0 radical (unpaired) electrons. The van der Waals surface area contributed by atoms with Crippen LogP contribution in [0.5, 0.6) is 0 Å². The summed E-state index contributed by atoms with van der Waals surface area (Å²) in [7, 11) is 0. The summed E-state index contributed by atoms with van der Waals surface area (Å²) in [6.45, 7) is 4.32. The van der Waals surface area contributed by atoms with E-state index in [1.807, 2.05) is 0 Å². The number of aryl methyl sites for hydroxylation is 2. The van der Waals surface area contributed by atoms with Crippen LogP contribution in [0.1, 0.15) is 35.6 Å². The van der Waals surface area contributed by atoms with Crippen LogP contribution in [0.2, 0.25) is 0 Å². The van der Waals surface area contributed by atoms with E-state index in [-0.39, 0.29) is 0 Å². The van der Waals surface area contributed by atoms with Gasteiger partial charge >= 0.3 is 0 Å². The maximum absolute atomic E-state index is 2.22. The van der Waals surface area contributed by atoms with Crippen molar-refractivity contribution in [2.24, 2.45) is 0 Å². The Morgan fingerprint density at radius 2 is 1.28 bits per heavy atom. The van der Waals surface area contributed by atoms with Crippen molar-refractivity contribution >= 4 is 12.2 Å². The summed E-state index contributed by atoms with van der Waals surface area (Å²) in [5, 5.41) is 0. The molecule has 18 heavy (non-hydrogen) atoms. The minimum atomic E-state index is 1.17. The Labute approximate surface area is 110 Å². The Bertz CT molecular complexity index is 501. The average Bonchev–Trinajstić information content (AvgIpc) is 2.40. The zero-order valence-electron chi connectivity index (χ0n) is 11.2. The standard InChI is InChI=1S/C18H20/c1-3-4-16-9-11-18(12-10-16)14-13-17-7-5-15(2)6-8-17/h5-14H,3-4H2,1-2H3/b14-13+. The summed E-state index contributed by atoms with van der Waals surface area (Å²) in [6.07, 6.45) is 6.70. The van der Waals surface area contributed by atoms with Crippen LogP contribution < -0.4 is 0 Å². The van der Waals surface area contributed by atoms with Crippen LogP contribution in [0.4, 0.5) is 0 Å². The maximum atomic E-state index is 2.22. The Balaban J connectivity index is 2.06. The third-order valence-electron chi connectivity index (χ3n) is 3.06. The minimum Gasteiger partial charge on any atom is -0.0651 e. The zero-order chi connectivity index (χ0) is 12.8. The van der Waals surface area contributed by atoms with Gasteiger partial charge in [0.25, 0.3) is 0 Å². The predicted molar refractivity (Wildman–Crippen MR) is 80.5 cm³/mol. The lowest BCUT2D eigenvalue weighted by molar-refractivity contribution is 0.922. The van der Waals surface area contributed by atoms with Crippen molar-refractivity contribution in [3.63, 3.8) is 0 Å². The van der Waals surface area contributed by atoms with Crippen molar-refractivity contribution in [2.75, 3.05) is 0 Å². The van der Waals surface area contributed by atoms with Crippen LogP contribution in [0.25, 0.3) is 12.2 Å². The second-order valence-electron chi connectivity index (χ2n) is 4.74. The number of hydrogen-bond acceptors (Lipinski definition) is 0. The first-order valence-corrected chi connectivity index (χ1v) is 6.61. The highest BCUT2D eigenvalue weighted by Gasteiger charge is 1.91. The molecule has 0 saturated heterocycles. The van der Waals surface area contributed by atoms with Gasteiger partial charge in [-0.25, -0.2) is 0 Å². The molecule has 0 aliphatic heterocycles. The summed E-state index contributed by atoms with van der Waals surface area (Å²) < 4.78 is 0. The van der Waals surface area contributed by atoms with Crippen LogP contribution in [-0.4, -0.2) is 0 Å². The van der Waals surface area contributed by atoms with Crippen molar-refractivity contribution < 1.29 is 0 Å². The molecule has 0 fully saturated rings. The van der Waals surface area contributed by atoms with Crippen LogP contribution in [0, 0.1) is 6.92 Å². The highest BCUT2D eigenvalue weighted by molar-refractivity contribution is 5.69. The van der Waals surface area contributed by atoms with E-state index in [9.17, 15) is 0 Å². The summed E-state index contributed by atoms with van der Waals surface area (Å²) in [5.74, 6) is 0. The number of benzene rings is 2. The van der Waals surface area contributed by atoms with Gasteiger partial charge in [0.05, 0.1) is 0 Å². The molecular weight excluding hydrogens is 216 g/mol. The summed E-state index contributed by atoms with van der Waals surface area (Å²) in [6, 6.07) is 17.4. The maximum Gasteiger partial charge on any atom is -0.0256 e. The Morgan fingerprint density at radius 1 is 0.778 bits per heavy atom. The molecule has 0 atom stereocenters. The Morgan fingerprint density at radius 3 is 1.78 bits per heavy atom. The van der Waals surface area contributed by atoms with Gasteiger partial charge in [-0.3, -0.25) is 0 Å². The largest absolute Gasteiger partial charge is 0.0651 e. The average molecular weight is 236 g/mol.